The number of hydrogen-bond acceptors (Lipinski definition) is 3. The number of carbonyl (C=O) groups is 1. The molecule has 1 aliphatic rings. The van der Waals surface area contributed by atoms with E-state index in [0.29, 0.717) is 30.1 Å². The highest BCUT2D eigenvalue weighted by Gasteiger charge is 2.28. The van der Waals surface area contributed by atoms with E-state index in [0.717, 1.165) is 12.8 Å². The molecule has 1 amide bonds. The van der Waals surface area contributed by atoms with Crippen molar-refractivity contribution in [2.24, 2.45) is 0 Å². The smallest absolute Gasteiger partial charge is 0.255 e. The molecule has 1 aromatic rings. The van der Waals surface area contributed by atoms with Gasteiger partial charge >= 0.3 is 0 Å². The Labute approximate surface area is 112 Å². The van der Waals surface area contributed by atoms with E-state index in [2.05, 4.69) is 4.98 Å². The van der Waals surface area contributed by atoms with Crippen molar-refractivity contribution in [3.8, 4) is 0 Å². The molecule has 0 radical (unpaired) electrons. The van der Waals surface area contributed by atoms with Gasteiger partial charge in [0.05, 0.1) is 16.2 Å². The van der Waals surface area contributed by atoms with Crippen molar-refractivity contribution < 1.29 is 9.90 Å². The maximum absolute atomic E-state index is 12.3. The van der Waals surface area contributed by atoms with E-state index in [1.165, 1.54) is 6.20 Å². The zero-order chi connectivity index (χ0) is 13.2. The summed E-state index contributed by atoms with van der Waals surface area (Å²) in [7, 11) is 0. The predicted octanol–water partition coefficient (Wildman–Crippen LogP) is 2.11. The van der Waals surface area contributed by atoms with Crippen molar-refractivity contribution in [1.29, 1.82) is 0 Å². The Morgan fingerprint density at radius 1 is 1.50 bits per heavy atom. The van der Waals surface area contributed by atoms with Gasteiger partial charge in [-0.1, -0.05) is 11.6 Å². The molecular formula is C13H17ClN2O2. The fourth-order valence-electron chi connectivity index (χ4n) is 2.19. The monoisotopic (exact) mass is 268 g/mol. The normalized spacial score (nSPS) is 24.7. The summed E-state index contributed by atoms with van der Waals surface area (Å²) in [4.78, 5) is 17.9. The zero-order valence-electron chi connectivity index (χ0n) is 10.4. The minimum absolute atomic E-state index is 0.0832. The maximum atomic E-state index is 12.3. The molecule has 0 aromatic carbocycles. The number of likely N-dealkylation sites (tertiary alicyclic amines) is 1. The Kier molecular flexibility index (Phi) is 3.88. The van der Waals surface area contributed by atoms with Crippen molar-refractivity contribution in [3.63, 3.8) is 0 Å². The summed E-state index contributed by atoms with van der Waals surface area (Å²) in [5.41, 5.74) is -0.190. The minimum atomic E-state index is -0.670. The lowest BCUT2D eigenvalue weighted by Crippen LogP contribution is -2.33. The molecule has 5 heteroatoms. The van der Waals surface area contributed by atoms with Crippen LogP contribution in [0, 0.1) is 0 Å². The number of rotatable bonds is 1. The van der Waals surface area contributed by atoms with Crippen molar-refractivity contribution in [2.75, 3.05) is 13.1 Å². The molecule has 0 aliphatic carbocycles. The Hall–Kier alpha value is -1.13. The van der Waals surface area contributed by atoms with Gasteiger partial charge in [0, 0.05) is 25.5 Å². The third kappa shape index (κ3) is 3.00. The van der Waals surface area contributed by atoms with Crippen LogP contribution in [0.2, 0.25) is 5.02 Å². The first-order chi connectivity index (χ1) is 8.49. The summed E-state index contributed by atoms with van der Waals surface area (Å²) in [5.74, 6) is -0.0832. The lowest BCUT2D eigenvalue weighted by Gasteiger charge is -2.22. The van der Waals surface area contributed by atoms with E-state index in [1.54, 1.807) is 17.2 Å². The highest BCUT2D eigenvalue weighted by atomic mass is 35.5. The minimum Gasteiger partial charge on any atom is -0.390 e. The van der Waals surface area contributed by atoms with Gasteiger partial charge in [-0.15, -0.1) is 0 Å². The van der Waals surface area contributed by atoms with Crippen LogP contribution in [0.15, 0.2) is 18.5 Å². The van der Waals surface area contributed by atoms with E-state index >= 15 is 0 Å². The van der Waals surface area contributed by atoms with Crippen LogP contribution in [0.4, 0.5) is 0 Å². The van der Waals surface area contributed by atoms with Crippen LogP contribution in [0.5, 0.6) is 0 Å². The van der Waals surface area contributed by atoms with Crippen LogP contribution in [0.25, 0.3) is 0 Å². The van der Waals surface area contributed by atoms with E-state index in [4.69, 9.17) is 11.6 Å². The number of pyridine rings is 1. The molecule has 1 fully saturated rings. The number of hydrogen-bond donors (Lipinski definition) is 1. The van der Waals surface area contributed by atoms with Crippen LogP contribution in [-0.4, -0.2) is 39.6 Å². The van der Waals surface area contributed by atoms with Crippen LogP contribution < -0.4 is 0 Å². The van der Waals surface area contributed by atoms with Gasteiger partial charge in [0.15, 0.2) is 0 Å². The molecule has 2 heterocycles. The molecule has 0 bridgehead atoms. The Morgan fingerprint density at radius 2 is 2.28 bits per heavy atom. The van der Waals surface area contributed by atoms with Gasteiger partial charge in [-0.3, -0.25) is 9.78 Å². The SMILES string of the molecule is CC1(O)CCCN(C(=O)c2ccncc2Cl)CC1. The summed E-state index contributed by atoms with van der Waals surface area (Å²) < 4.78 is 0. The third-order valence-electron chi connectivity index (χ3n) is 3.35. The largest absolute Gasteiger partial charge is 0.390 e. The summed E-state index contributed by atoms with van der Waals surface area (Å²) in [6.45, 7) is 3.04. The quantitative estimate of drug-likeness (QED) is 0.849. The summed E-state index contributed by atoms with van der Waals surface area (Å²) in [5, 5.41) is 10.4. The second-order valence-corrected chi connectivity index (χ2v) is 5.41. The molecule has 2 rings (SSSR count). The van der Waals surface area contributed by atoms with E-state index in [-0.39, 0.29) is 5.91 Å². The standard InChI is InChI=1S/C13H17ClN2O2/c1-13(18)4-2-7-16(8-5-13)12(17)10-3-6-15-9-11(10)14/h3,6,9,18H,2,4-5,7-8H2,1H3. The molecule has 0 saturated carbocycles. The van der Waals surface area contributed by atoms with Crippen LogP contribution in [-0.2, 0) is 0 Å². The highest BCUT2D eigenvalue weighted by molar-refractivity contribution is 6.33. The molecule has 1 aromatic heterocycles. The van der Waals surface area contributed by atoms with E-state index < -0.39 is 5.60 Å². The molecule has 18 heavy (non-hydrogen) atoms. The average Bonchev–Trinajstić information content (AvgIpc) is 2.50. The Balaban J connectivity index is 2.13. The second-order valence-electron chi connectivity index (χ2n) is 5.00. The first-order valence-electron chi connectivity index (χ1n) is 6.11. The van der Waals surface area contributed by atoms with Gasteiger partial charge in [0.1, 0.15) is 0 Å². The lowest BCUT2D eigenvalue weighted by molar-refractivity contribution is 0.0438. The predicted molar refractivity (Wildman–Crippen MR) is 69.6 cm³/mol. The van der Waals surface area contributed by atoms with E-state index in [9.17, 15) is 9.90 Å². The van der Waals surface area contributed by atoms with Crippen LogP contribution >= 0.6 is 11.6 Å². The first-order valence-corrected chi connectivity index (χ1v) is 6.48. The molecule has 1 atom stereocenters. The number of carbonyl (C=O) groups excluding carboxylic acids is 1. The fraction of sp³-hybridized carbons (Fsp3) is 0.538. The first kappa shape index (κ1) is 13.3. The Bertz CT molecular complexity index is 448. The fourth-order valence-corrected chi connectivity index (χ4v) is 2.39. The van der Waals surface area contributed by atoms with Gasteiger partial charge in [-0.25, -0.2) is 0 Å². The van der Waals surface area contributed by atoms with Crippen LogP contribution in [0.1, 0.15) is 36.5 Å². The number of aromatic nitrogens is 1. The molecule has 98 valence electrons. The molecule has 1 unspecified atom stereocenters. The van der Waals surface area contributed by atoms with Crippen molar-refractivity contribution in [3.05, 3.63) is 29.0 Å². The number of nitrogens with zero attached hydrogens (tertiary/aromatic N) is 2. The van der Waals surface area contributed by atoms with Gasteiger partial charge in [-0.05, 0) is 32.3 Å². The second kappa shape index (κ2) is 5.24. The molecule has 1 aliphatic heterocycles. The maximum Gasteiger partial charge on any atom is 0.255 e. The van der Waals surface area contributed by atoms with E-state index in [1.807, 2.05) is 6.92 Å². The summed E-state index contributed by atoms with van der Waals surface area (Å²) >= 11 is 5.98. The molecule has 4 nitrogen and oxygen atoms in total. The van der Waals surface area contributed by atoms with Gasteiger partial charge in [-0.2, -0.15) is 0 Å². The molecule has 1 saturated heterocycles. The molecule has 1 N–H and O–H groups in total. The summed E-state index contributed by atoms with van der Waals surface area (Å²) in [6, 6.07) is 1.63. The zero-order valence-corrected chi connectivity index (χ0v) is 11.2. The van der Waals surface area contributed by atoms with Crippen LogP contribution in [0.3, 0.4) is 0 Å². The topological polar surface area (TPSA) is 53.4 Å². The van der Waals surface area contributed by atoms with Crippen molar-refractivity contribution in [1.82, 2.24) is 9.88 Å². The van der Waals surface area contributed by atoms with Gasteiger partial charge < -0.3 is 10.0 Å². The number of amides is 1. The summed E-state index contributed by atoms with van der Waals surface area (Å²) in [6.07, 6.45) is 5.17. The molecular weight excluding hydrogens is 252 g/mol. The number of halogens is 1. The highest BCUT2D eigenvalue weighted by Crippen LogP contribution is 2.23. The average molecular weight is 269 g/mol. The lowest BCUT2D eigenvalue weighted by atomic mass is 9.98. The molecule has 0 spiro atoms. The van der Waals surface area contributed by atoms with Gasteiger partial charge in [0.25, 0.3) is 5.91 Å². The Morgan fingerprint density at radius 3 is 3.00 bits per heavy atom. The van der Waals surface area contributed by atoms with Crippen molar-refractivity contribution >= 4 is 17.5 Å². The van der Waals surface area contributed by atoms with Crippen molar-refractivity contribution in [2.45, 2.75) is 31.8 Å². The van der Waals surface area contributed by atoms with Gasteiger partial charge in [0.2, 0.25) is 0 Å². The number of aliphatic hydroxyl groups is 1. The third-order valence-corrected chi connectivity index (χ3v) is 3.65.